The molecule has 45 heavy (non-hydrogen) atoms. The fraction of sp³-hybridized carbons (Fsp3) is 0.219. The molecule has 0 aliphatic carbocycles. The second kappa shape index (κ2) is 13.5. The molecule has 1 aromatic heterocycles. The van der Waals surface area contributed by atoms with E-state index in [1.165, 1.54) is 47.0 Å². The van der Waals surface area contributed by atoms with Gasteiger partial charge in [-0.05, 0) is 78.7 Å². The van der Waals surface area contributed by atoms with Gasteiger partial charge in [0.05, 0.1) is 23.7 Å². The van der Waals surface area contributed by atoms with Crippen molar-refractivity contribution in [3.63, 3.8) is 0 Å². The number of ether oxygens (including phenoxy) is 1. The van der Waals surface area contributed by atoms with Crippen LogP contribution in [0, 0.1) is 18.8 Å². The summed E-state index contributed by atoms with van der Waals surface area (Å²) in [4.78, 5) is 23.3. The number of carbonyl (C=O) groups excluding carboxylic acids is 1. The summed E-state index contributed by atoms with van der Waals surface area (Å²) >= 11 is 6.79. The van der Waals surface area contributed by atoms with Gasteiger partial charge in [-0.2, -0.15) is 4.99 Å². The Morgan fingerprint density at radius 1 is 1.16 bits per heavy atom. The van der Waals surface area contributed by atoms with Crippen molar-refractivity contribution in [2.75, 3.05) is 17.2 Å². The molecule has 1 aliphatic heterocycles. The second-order valence-electron chi connectivity index (χ2n) is 10.2. The van der Waals surface area contributed by atoms with E-state index in [4.69, 9.17) is 12.2 Å². The quantitative estimate of drug-likeness (QED) is 0.186. The summed E-state index contributed by atoms with van der Waals surface area (Å²) in [5.74, 6) is 6.69. The number of benzene rings is 3. The van der Waals surface area contributed by atoms with Crippen molar-refractivity contribution in [1.29, 1.82) is 0 Å². The Morgan fingerprint density at radius 3 is 2.67 bits per heavy atom. The predicted molar refractivity (Wildman–Crippen MR) is 174 cm³/mol. The minimum atomic E-state index is -4.76. The van der Waals surface area contributed by atoms with Gasteiger partial charge in [0.25, 0.3) is 0 Å². The molecule has 1 aliphatic rings. The lowest BCUT2D eigenvalue weighted by molar-refractivity contribution is -0.274. The van der Waals surface area contributed by atoms with Gasteiger partial charge in [-0.15, -0.1) is 18.3 Å². The van der Waals surface area contributed by atoms with Crippen molar-refractivity contribution in [2.24, 2.45) is 4.99 Å². The SMILES string of the molecule is Cc1ccc(C(C)C)c(N2C(=O)CSC2=NC(=S)NCC#Cc2cccc(-c3ncn(-c4ccc(OC(F)(F)F)cc4)n3)c2)c1. The molecule has 0 saturated carbocycles. The van der Waals surface area contributed by atoms with Crippen LogP contribution in [0.3, 0.4) is 0 Å². The topological polar surface area (TPSA) is 84.6 Å². The van der Waals surface area contributed by atoms with Crippen LogP contribution >= 0.6 is 24.0 Å². The highest BCUT2D eigenvalue weighted by atomic mass is 32.2. The van der Waals surface area contributed by atoms with Crippen molar-refractivity contribution in [3.05, 3.63) is 89.7 Å². The number of aliphatic imine (C=N–C) groups is 1. The van der Waals surface area contributed by atoms with E-state index in [9.17, 15) is 18.0 Å². The largest absolute Gasteiger partial charge is 0.573 e. The van der Waals surface area contributed by atoms with Crippen LogP contribution in [-0.4, -0.2) is 49.6 Å². The van der Waals surface area contributed by atoms with Crippen LogP contribution in [0.4, 0.5) is 18.9 Å². The normalized spacial score (nSPS) is 14.1. The maximum atomic E-state index is 12.8. The molecule has 2 heterocycles. The van der Waals surface area contributed by atoms with E-state index in [-0.39, 0.29) is 29.2 Å². The Kier molecular flexibility index (Phi) is 9.55. The number of amides is 1. The Bertz CT molecular complexity index is 1820. The number of hydrogen-bond acceptors (Lipinski definition) is 6. The third kappa shape index (κ3) is 8.09. The van der Waals surface area contributed by atoms with Gasteiger partial charge in [-0.3, -0.25) is 9.69 Å². The van der Waals surface area contributed by atoms with Crippen LogP contribution in [0.5, 0.6) is 5.75 Å². The number of thioether (sulfide) groups is 1. The molecule has 0 spiro atoms. The molecular weight excluding hydrogens is 622 g/mol. The van der Waals surface area contributed by atoms with Gasteiger partial charge in [0, 0.05) is 11.1 Å². The number of hydrogen-bond donors (Lipinski definition) is 1. The minimum absolute atomic E-state index is 0.0403. The summed E-state index contributed by atoms with van der Waals surface area (Å²) in [6.07, 6.45) is -3.29. The first-order valence-corrected chi connectivity index (χ1v) is 15.2. The highest BCUT2D eigenvalue weighted by Crippen LogP contribution is 2.34. The molecule has 0 atom stereocenters. The van der Waals surface area contributed by atoms with Crippen molar-refractivity contribution in [2.45, 2.75) is 33.1 Å². The average Bonchev–Trinajstić information content (AvgIpc) is 3.62. The summed E-state index contributed by atoms with van der Waals surface area (Å²) in [5.41, 5.74) is 4.90. The average molecular weight is 649 g/mol. The zero-order valence-corrected chi connectivity index (χ0v) is 26.1. The zero-order chi connectivity index (χ0) is 32.1. The predicted octanol–water partition coefficient (Wildman–Crippen LogP) is 6.63. The Morgan fingerprint density at radius 2 is 1.93 bits per heavy atom. The number of aromatic nitrogens is 3. The number of amidine groups is 1. The molecule has 1 fully saturated rings. The summed E-state index contributed by atoms with van der Waals surface area (Å²) in [5, 5.41) is 8.22. The van der Waals surface area contributed by atoms with E-state index in [1.807, 2.05) is 49.4 Å². The highest BCUT2D eigenvalue weighted by Gasteiger charge is 2.32. The number of nitrogens with zero attached hydrogens (tertiary/aromatic N) is 5. The van der Waals surface area contributed by atoms with E-state index in [0.29, 0.717) is 28.0 Å². The van der Waals surface area contributed by atoms with Crippen LogP contribution in [0.1, 0.15) is 36.5 Å². The second-order valence-corrected chi connectivity index (χ2v) is 11.6. The molecule has 1 saturated heterocycles. The van der Waals surface area contributed by atoms with E-state index >= 15 is 0 Å². The summed E-state index contributed by atoms with van der Waals surface area (Å²) < 4.78 is 42.7. The fourth-order valence-corrected chi connectivity index (χ4v) is 5.55. The Hall–Kier alpha value is -4.67. The lowest BCUT2D eigenvalue weighted by atomic mass is 9.99. The van der Waals surface area contributed by atoms with Gasteiger partial charge in [0.15, 0.2) is 16.1 Å². The smallest absolute Gasteiger partial charge is 0.406 e. The number of alkyl halides is 3. The number of anilines is 1. The lowest BCUT2D eigenvalue weighted by Crippen LogP contribution is -2.32. The number of aryl methyl sites for hydroxylation is 1. The summed E-state index contributed by atoms with van der Waals surface area (Å²) in [6, 6.07) is 18.7. The molecular formula is C32H27F3N6O2S2. The highest BCUT2D eigenvalue weighted by molar-refractivity contribution is 8.15. The molecule has 0 radical (unpaired) electrons. The molecule has 1 amide bonds. The number of rotatable bonds is 6. The molecule has 8 nitrogen and oxygen atoms in total. The van der Waals surface area contributed by atoms with Gasteiger partial charge >= 0.3 is 6.36 Å². The van der Waals surface area contributed by atoms with Gasteiger partial charge < -0.3 is 10.1 Å². The molecule has 4 aromatic rings. The molecule has 5 rings (SSSR count). The zero-order valence-electron chi connectivity index (χ0n) is 24.4. The maximum absolute atomic E-state index is 12.8. The number of thiocarbonyl (C=S) groups is 1. The van der Waals surface area contributed by atoms with Crippen LogP contribution in [0.2, 0.25) is 0 Å². The Labute approximate surface area is 267 Å². The first-order chi connectivity index (χ1) is 21.5. The van der Waals surface area contributed by atoms with Crippen molar-refractivity contribution >= 4 is 45.9 Å². The van der Waals surface area contributed by atoms with Crippen molar-refractivity contribution in [1.82, 2.24) is 20.1 Å². The van der Waals surface area contributed by atoms with Gasteiger partial charge in [0.2, 0.25) is 5.91 Å². The van der Waals surface area contributed by atoms with Crippen LogP contribution in [0.25, 0.3) is 17.1 Å². The van der Waals surface area contributed by atoms with E-state index in [2.05, 4.69) is 50.8 Å². The minimum Gasteiger partial charge on any atom is -0.406 e. The molecule has 230 valence electrons. The van der Waals surface area contributed by atoms with Gasteiger partial charge in [0.1, 0.15) is 12.1 Å². The summed E-state index contributed by atoms with van der Waals surface area (Å²) in [6.45, 7) is 6.40. The Balaban J connectivity index is 1.22. The van der Waals surface area contributed by atoms with Crippen LogP contribution in [0.15, 0.2) is 78.0 Å². The monoisotopic (exact) mass is 648 g/mol. The van der Waals surface area contributed by atoms with Crippen molar-refractivity contribution in [3.8, 4) is 34.7 Å². The number of nitrogens with one attached hydrogen (secondary N) is 1. The lowest BCUT2D eigenvalue weighted by Gasteiger charge is -2.22. The van der Waals surface area contributed by atoms with Crippen molar-refractivity contribution < 1.29 is 22.7 Å². The van der Waals surface area contributed by atoms with Gasteiger partial charge in [-0.1, -0.05) is 61.7 Å². The molecule has 3 aromatic carbocycles. The number of carbonyl (C=O) groups is 1. The standard InChI is InChI=1S/C32H27F3N6O2S2/c1-20(2)26-14-9-21(3)16-27(26)41-28(42)18-45-31(41)38-30(44)36-15-5-7-22-6-4-8-23(17-22)29-37-19-40(39-29)24-10-12-25(13-11-24)43-32(33,34)35/h4,6,8-14,16-17,19-20H,15,18H2,1-3H3,(H,36,44). The summed E-state index contributed by atoms with van der Waals surface area (Å²) in [7, 11) is 0. The third-order valence-electron chi connectivity index (χ3n) is 6.52. The molecule has 0 unspecified atom stereocenters. The fourth-order valence-electron chi connectivity index (χ4n) is 4.47. The van der Waals surface area contributed by atoms with Crippen LogP contribution < -0.4 is 15.0 Å². The molecule has 13 heteroatoms. The maximum Gasteiger partial charge on any atom is 0.573 e. The molecule has 0 bridgehead atoms. The molecule has 1 N–H and O–H groups in total. The third-order valence-corrected chi connectivity index (χ3v) is 7.68. The first kappa shape index (κ1) is 31.7. The first-order valence-electron chi connectivity index (χ1n) is 13.8. The van der Waals surface area contributed by atoms with E-state index < -0.39 is 6.36 Å². The van der Waals surface area contributed by atoms with E-state index in [0.717, 1.165) is 22.4 Å². The van der Waals surface area contributed by atoms with Crippen LogP contribution in [-0.2, 0) is 4.79 Å². The van der Waals surface area contributed by atoms with Gasteiger partial charge in [-0.25, -0.2) is 9.67 Å². The van der Waals surface area contributed by atoms with E-state index in [1.54, 1.807) is 4.90 Å². The number of halogens is 3.